The van der Waals surface area contributed by atoms with Crippen molar-refractivity contribution in [1.29, 1.82) is 5.26 Å². The number of rotatable bonds is 4. The summed E-state index contributed by atoms with van der Waals surface area (Å²) in [5.41, 5.74) is 3.92. The average molecular weight is 556 g/mol. The van der Waals surface area contributed by atoms with Gasteiger partial charge in [-0.25, -0.2) is 19.5 Å². The molecule has 2 aliphatic carbocycles. The average Bonchev–Trinajstić information content (AvgIpc) is 3.50. The zero-order valence-corrected chi connectivity index (χ0v) is 22.6. The molecule has 1 aliphatic heterocycles. The van der Waals surface area contributed by atoms with E-state index < -0.39 is 12.5 Å². The minimum atomic E-state index is -3.02. The molecule has 1 saturated carbocycles. The number of carbonyl (C=O) groups is 1. The lowest BCUT2D eigenvalue weighted by atomic mass is 9.71. The van der Waals surface area contributed by atoms with E-state index in [9.17, 15) is 18.8 Å². The van der Waals surface area contributed by atoms with Gasteiger partial charge in [-0.05, 0) is 50.8 Å². The van der Waals surface area contributed by atoms with Crippen molar-refractivity contribution in [2.75, 3.05) is 7.05 Å². The first kappa shape index (κ1) is 25.5. The van der Waals surface area contributed by atoms with E-state index in [1.807, 2.05) is 13.0 Å². The van der Waals surface area contributed by atoms with Gasteiger partial charge >= 0.3 is 6.61 Å². The van der Waals surface area contributed by atoms with Gasteiger partial charge in [0.2, 0.25) is 0 Å². The number of hydrogen-bond donors (Lipinski definition) is 0. The lowest BCUT2D eigenvalue weighted by Crippen LogP contribution is -2.30. The third kappa shape index (κ3) is 4.04. The number of halogens is 2. The fraction of sp³-hybridized carbons (Fsp3) is 0.400. The fourth-order valence-electron chi connectivity index (χ4n) is 6.87. The molecule has 1 amide bonds. The largest absolute Gasteiger partial charge is 0.434 e. The van der Waals surface area contributed by atoms with Crippen molar-refractivity contribution in [3.8, 4) is 23.1 Å². The molecule has 1 fully saturated rings. The highest BCUT2D eigenvalue weighted by Crippen LogP contribution is 2.53. The smallest absolute Gasteiger partial charge is 0.387 e. The van der Waals surface area contributed by atoms with Crippen molar-refractivity contribution >= 4 is 11.6 Å². The molecule has 0 spiro atoms. The summed E-state index contributed by atoms with van der Waals surface area (Å²) >= 11 is 0. The molecule has 0 unspecified atom stereocenters. The number of fused-ring (bicyclic) bond motifs is 9. The summed E-state index contributed by atoms with van der Waals surface area (Å²) in [4.78, 5) is 29.2. The van der Waals surface area contributed by atoms with Crippen LogP contribution in [0.5, 0.6) is 5.75 Å². The molecule has 4 aromatic rings. The van der Waals surface area contributed by atoms with Crippen LogP contribution in [0.3, 0.4) is 0 Å². The van der Waals surface area contributed by atoms with Crippen LogP contribution in [-0.2, 0) is 0 Å². The van der Waals surface area contributed by atoms with Crippen LogP contribution in [0.2, 0.25) is 0 Å². The van der Waals surface area contributed by atoms with Gasteiger partial charge < -0.3 is 9.64 Å². The van der Waals surface area contributed by atoms with Crippen LogP contribution in [0, 0.1) is 16.7 Å². The van der Waals surface area contributed by atoms with Gasteiger partial charge in [-0.3, -0.25) is 4.79 Å². The maximum atomic E-state index is 13.4. The number of nitriles is 1. The van der Waals surface area contributed by atoms with Crippen molar-refractivity contribution in [2.24, 2.45) is 5.41 Å². The minimum Gasteiger partial charge on any atom is -0.434 e. The summed E-state index contributed by atoms with van der Waals surface area (Å²) in [5, 5.41) is 14.4. The SMILES string of the molecule is CN1C(=O)c2cccc(OC(F)F)c2[C@H]2C[C@@H]1c1nn3ccc(-c4cnc([C@H]5CCC[C@@](C)(C#N)C5)nc4)nc3c12. The second-order valence-corrected chi connectivity index (χ2v) is 11.5. The standard InChI is InChI=1S/C30H27F2N7O2/c1-30(15-33)9-4-5-16(12-30)26-34-13-17(14-35-26)20-8-10-39-27(36-20)24-19-11-21(25(24)37-39)38(2)28(40)18-6-3-7-22(23(18)19)41-29(31)32/h3,6-8,10,13-14,16,19,21,29H,4-5,9,11-12H2,1-2H3/t16-,19+,21+,30+/m0/s1. The lowest BCUT2D eigenvalue weighted by Gasteiger charge is -2.31. The van der Waals surface area contributed by atoms with Crippen LogP contribution in [0.4, 0.5) is 8.78 Å². The van der Waals surface area contributed by atoms with E-state index in [-0.39, 0.29) is 29.0 Å². The summed E-state index contributed by atoms with van der Waals surface area (Å²) in [6, 6.07) is 8.66. The summed E-state index contributed by atoms with van der Waals surface area (Å²) in [5.74, 6) is 0.223. The van der Waals surface area contributed by atoms with Crippen LogP contribution in [0.1, 0.15) is 89.9 Å². The normalized spacial score (nSPS) is 25.1. The molecule has 3 aromatic heterocycles. The summed E-state index contributed by atoms with van der Waals surface area (Å²) < 4.78 is 33.3. The van der Waals surface area contributed by atoms with E-state index >= 15 is 0 Å². The molecule has 4 heterocycles. The Balaban J connectivity index is 1.29. The monoisotopic (exact) mass is 555 g/mol. The Labute approximate surface area is 234 Å². The Morgan fingerprint density at radius 3 is 2.76 bits per heavy atom. The number of ether oxygens (including phenoxy) is 1. The minimum absolute atomic E-state index is 0.00699. The van der Waals surface area contributed by atoms with Gasteiger partial charge in [0.05, 0.1) is 28.9 Å². The van der Waals surface area contributed by atoms with Crippen LogP contribution >= 0.6 is 0 Å². The van der Waals surface area contributed by atoms with Crippen molar-refractivity contribution in [3.63, 3.8) is 0 Å². The van der Waals surface area contributed by atoms with Gasteiger partial charge in [0, 0.05) is 59.7 Å². The second-order valence-electron chi connectivity index (χ2n) is 11.5. The quantitative estimate of drug-likeness (QED) is 0.321. The van der Waals surface area contributed by atoms with E-state index in [0.29, 0.717) is 34.6 Å². The number of alkyl halides is 2. The third-order valence-corrected chi connectivity index (χ3v) is 8.90. The molecule has 7 rings (SSSR count). The summed E-state index contributed by atoms with van der Waals surface area (Å²) in [7, 11) is 1.71. The number of aromatic nitrogens is 5. The maximum absolute atomic E-state index is 13.4. The Morgan fingerprint density at radius 2 is 2.00 bits per heavy atom. The Bertz CT molecular complexity index is 1730. The first-order chi connectivity index (χ1) is 19.8. The number of carbonyl (C=O) groups excluding carboxylic acids is 1. The van der Waals surface area contributed by atoms with Gasteiger partial charge in [-0.2, -0.15) is 19.1 Å². The summed E-state index contributed by atoms with van der Waals surface area (Å²) in [6.07, 6.45) is 9.39. The van der Waals surface area contributed by atoms with E-state index in [0.717, 1.165) is 42.6 Å². The molecule has 208 valence electrons. The highest BCUT2D eigenvalue weighted by Gasteiger charge is 2.46. The Kier molecular flexibility index (Phi) is 5.78. The maximum Gasteiger partial charge on any atom is 0.387 e. The Morgan fingerprint density at radius 1 is 1.20 bits per heavy atom. The fourth-order valence-corrected chi connectivity index (χ4v) is 6.87. The molecule has 11 heteroatoms. The van der Waals surface area contributed by atoms with Crippen LogP contribution < -0.4 is 4.74 Å². The van der Waals surface area contributed by atoms with Crippen molar-refractivity contribution < 1.29 is 18.3 Å². The highest BCUT2D eigenvalue weighted by molar-refractivity contribution is 5.98. The van der Waals surface area contributed by atoms with Crippen LogP contribution in [-0.4, -0.2) is 49.0 Å². The number of benzene rings is 1. The Hall–Kier alpha value is -4.46. The van der Waals surface area contributed by atoms with Crippen LogP contribution in [0.25, 0.3) is 16.9 Å². The first-order valence-electron chi connectivity index (χ1n) is 13.7. The number of amides is 1. The molecule has 0 N–H and O–H groups in total. The zero-order chi connectivity index (χ0) is 28.5. The molecule has 4 atom stereocenters. The molecule has 0 radical (unpaired) electrons. The zero-order valence-electron chi connectivity index (χ0n) is 22.6. The van der Waals surface area contributed by atoms with Gasteiger partial charge in [-0.15, -0.1) is 0 Å². The predicted octanol–water partition coefficient (Wildman–Crippen LogP) is 5.64. The van der Waals surface area contributed by atoms with Gasteiger partial charge in [-0.1, -0.05) is 12.5 Å². The van der Waals surface area contributed by atoms with Gasteiger partial charge in [0.1, 0.15) is 11.6 Å². The predicted molar refractivity (Wildman–Crippen MR) is 143 cm³/mol. The van der Waals surface area contributed by atoms with E-state index in [4.69, 9.17) is 14.8 Å². The van der Waals surface area contributed by atoms with Gasteiger partial charge in [0.15, 0.2) is 5.65 Å². The van der Waals surface area contributed by atoms with Crippen molar-refractivity contribution in [3.05, 3.63) is 71.1 Å². The topological polar surface area (TPSA) is 109 Å². The van der Waals surface area contributed by atoms with Crippen molar-refractivity contribution in [1.82, 2.24) is 29.5 Å². The molecular weight excluding hydrogens is 528 g/mol. The molecule has 41 heavy (non-hydrogen) atoms. The number of hydrogen-bond acceptors (Lipinski definition) is 7. The van der Waals surface area contributed by atoms with E-state index in [1.165, 1.54) is 6.07 Å². The molecular formula is C30H27F2N7O2. The van der Waals surface area contributed by atoms with Crippen molar-refractivity contribution in [2.45, 2.75) is 63.5 Å². The van der Waals surface area contributed by atoms with Gasteiger partial charge in [0.25, 0.3) is 5.91 Å². The summed E-state index contributed by atoms with van der Waals surface area (Å²) in [6.45, 7) is -1.02. The molecule has 2 bridgehead atoms. The molecule has 9 nitrogen and oxygen atoms in total. The molecule has 0 saturated heterocycles. The third-order valence-electron chi connectivity index (χ3n) is 8.90. The lowest BCUT2D eigenvalue weighted by molar-refractivity contribution is -0.0505. The second kappa shape index (κ2) is 9.29. The number of nitrogens with zero attached hydrogens (tertiary/aromatic N) is 7. The molecule has 1 aromatic carbocycles. The highest BCUT2D eigenvalue weighted by atomic mass is 19.3. The first-order valence-corrected chi connectivity index (χ1v) is 13.7. The van der Waals surface area contributed by atoms with Crippen LogP contribution in [0.15, 0.2) is 42.9 Å². The van der Waals surface area contributed by atoms with E-state index in [2.05, 4.69) is 16.0 Å². The molecule has 3 aliphatic rings. The van der Waals surface area contributed by atoms with E-state index in [1.54, 1.807) is 47.2 Å².